The van der Waals surface area contributed by atoms with Crippen molar-refractivity contribution >= 4 is 0 Å². The van der Waals surface area contributed by atoms with Crippen molar-refractivity contribution in [2.24, 2.45) is 0 Å². The molecule has 2 rings (SSSR count). The molecule has 3 heteroatoms. The van der Waals surface area contributed by atoms with Crippen LogP contribution < -0.4 is 5.32 Å². The lowest BCUT2D eigenvalue weighted by Crippen LogP contribution is -2.26. The molecule has 0 saturated carbocycles. The molecule has 0 aromatic carbocycles. The zero-order valence-corrected chi connectivity index (χ0v) is 9.57. The first-order valence-corrected chi connectivity index (χ1v) is 5.72. The molecule has 2 aromatic heterocycles. The van der Waals surface area contributed by atoms with Gasteiger partial charge in [-0.05, 0) is 37.6 Å². The predicted molar refractivity (Wildman–Crippen MR) is 64.1 cm³/mol. The first-order chi connectivity index (χ1) is 7.84. The van der Waals surface area contributed by atoms with Crippen molar-refractivity contribution < 1.29 is 4.42 Å². The summed E-state index contributed by atoms with van der Waals surface area (Å²) in [6.07, 6.45) is 5.76. The quantitative estimate of drug-likeness (QED) is 0.782. The van der Waals surface area contributed by atoms with Crippen LogP contribution in [0.4, 0.5) is 0 Å². The number of nitrogens with one attached hydrogen (secondary N) is 2. The van der Waals surface area contributed by atoms with Crippen LogP contribution in [-0.4, -0.2) is 11.0 Å². The molecule has 16 heavy (non-hydrogen) atoms. The van der Waals surface area contributed by atoms with E-state index in [4.69, 9.17) is 4.42 Å². The van der Waals surface area contributed by atoms with Gasteiger partial charge in [0.15, 0.2) is 0 Å². The summed E-state index contributed by atoms with van der Waals surface area (Å²) in [4.78, 5) is 3.18. The van der Waals surface area contributed by atoms with Gasteiger partial charge in [0, 0.05) is 30.9 Å². The molecule has 86 valence electrons. The van der Waals surface area contributed by atoms with Gasteiger partial charge >= 0.3 is 0 Å². The first kappa shape index (κ1) is 11.0. The summed E-state index contributed by atoms with van der Waals surface area (Å²) in [5, 5.41) is 3.47. The van der Waals surface area contributed by atoms with E-state index in [-0.39, 0.29) is 0 Å². The van der Waals surface area contributed by atoms with Crippen molar-refractivity contribution in [3.63, 3.8) is 0 Å². The van der Waals surface area contributed by atoms with Crippen molar-refractivity contribution in [1.82, 2.24) is 10.3 Å². The molecule has 2 N–H and O–H groups in total. The maximum Gasteiger partial charge on any atom is 0.103 e. The zero-order chi connectivity index (χ0) is 11.2. The highest BCUT2D eigenvalue weighted by atomic mass is 16.3. The molecule has 0 fully saturated rings. The predicted octanol–water partition coefficient (Wildman–Crippen LogP) is 2.72. The molecule has 3 nitrogen and oxygen atoms in total. The highest BCUT2D eigenvalue weighted by molar-refractivity contribution is 5.03. The fourth-order valence-corrected chi connectivity index (χ4v) is 1.68. The molecular weight excluding hydrogens is 200 g/mol. The smallest absolute Gasteiger partial charge is 0.103 e. The molecule has 0 aliphatic rings. The summed E-state index contributed by atoms with van der Waals surface area (Å²) in [5.41, 5.74) is 1.23. The molecule has 0 spiro atoms. The lowest BCUT2D eigenvalue weighted by Gasteiger charge is -2.12. The van der Waals surface area contributed by atoms with Gasteiger partial charge in [-0.25, -0.2) is 0 Å². The summed E-state index contributed by atoms with van der Waals surface area (Å²) >= 11 is 0. The lowest BCUT2D eigenvalue weighted by molar-refractivity contribution is 0.458. The Bertz CT molecular complexity index is 340. The van der Waals surface area contributed by atoms with Gasteiger partial charge in [-0.3, -0.25) is 0 Å². The van der Waals surface area contributed by atoms with Crippen LogP contribution in [-0.2, 0) is 13.0 Å². The van der Waals surface area contributed by atoms with Gasteiger partial charge in [-0.2, -0.15) is 0 Å². The van der Waals surface area contributed by atoms with E-state index in [0.29, 0.717) is 6.04 Å². The normalized spacial score (nSPS) is 12.8. The van der Waals surface area contributed by atoms with E-state index >= 15 is 0 Å². The Balaban J connectivity index is 1.66. The van der Waals surface area contributed by atoms with Crippen LogP contribution in [0, 0.1) is 0 Å². The van der Waals surface area contributed by atoms with Crippen LogP contribution in [0.25, 0.3) is 0 Å². The monoisotopic (exact) mass is 218 g/mol. The number of aromatic amines is 1. The molecular formula is C13H18N2O. The van der Waals surface area contributed by atoms with E-state index in [0.717, 1.165) is 25.1 Å². The third-order valence-electron chi connectivity index (χ3n) is 2.71. The Morgan fingerprint density at radius 1 is 1.38 bits per heavy atom. The Morgan fingerprint density at radius 3 is 3.00 bits per heavy atom. The Hall–Kier alpha value is -1.48. The van der Waals surface area contributed by atoms with Gasteiger partial charge in [0.2, 0.25) is 0 Å². The zero-order valence-electron chi connectivity index (χ0n) is 9.57. The van der Waals surface area contributed by atoms with Gasteiger partial charge in [0.1, 0.15) is 5.76 Å². The van der Waals surface area contributed by atoms with Gasteiger partial charge in [-0.15, -0.1) is 0 Å². The van der Waals surface area contributed by atoms with Crippen molar-refractivity contribution in [3.05, 3.63) is 48.2 Å². The highest BCUT2D eigenvalue weighted by Gasteiger charge is 2.03. The number of aromatic nitrogens is 1. The fourth-order valence-electron chi connectivity index (χ4n) is 1.68. The maximum absolute atomic E-state index is 5.30. The van der Waals surface area contributed by atoms with Crippen molar-refractivity contribution in [2.75, 3.05) is 0 Å². The topological polar surface area (TPSA) is 41.0 Å². The fraction of sp³-hybridized carbons (Fsp3) is 0.385. The summed E-state index contributed by atoms with van der Waals surface area (Å²) in [6, 6.07) is 8.56. The van der Waals surface area contributed by atoms with E-state index in [2.05, 4.69) is 23.3 Å². The number of aryl methyl sites for hydroxylation is 1. The van der Waals surface area contributed by atoms with Crippen molar-refractivity contribution in [3.8, 4) is 0 Å². The lowest BCUT2D eigenvalue weighted by atomic mass is 10.1. The minimum absolute atomic E-state index is 0.494. The number of hydrogen-bond donors (Lipinski definition) is 2. The summed E-state index contributed by atoms with van der Waals surface area (Å²) < 4.78 is 5.30. The summed E-state index contributed by atoms with van der Waals surface area (Å²) in [6.45, 7) is 3.10. The molecule has 2 aromatic rings. The number of furan rings is 1. The molecule has 0 amide bonds. The van der Waals surface area contributed by atoms with E-state index in [1.165, 1.54) is 5.69 Å². The first-order valence-electron chi connectivity index (χ1n) is 5.72. The van der Waals surface area contributed by atoms with E-state index in [1.807, 2.05) is 24.4 Å². The Kier molecular flexibility index (Phi) is 3.83. The third kappa shape index (κ3) is 3.28. The SMILES string of the molecule is CC(CCc1ccco1)NCc1ccc[nH]1. The standard InChI is InChI=1S/C13H18N2O/c1-11(6-7-13-5-3-9-16-13)15-10-12-4-2-8-14-12/h2-5,8-9,11,14-15H,6-7,10H2,1H3. The molecule has 0 radical (unpaired) electrons. The van der Waals surface area contributed by atoms with Crippen molar-refractivity contribution in [2.45, 2.75) is 32.4 Å². The van der Waals surface area contributed by atoms with Crippen LogP contribution in [0.1, 0.15) is 24.8 Å². The number of hydrogen-bond acceptors (Lipinski definition) is 2. The molecule has 0 bridgehead atoms. The third-order valence-corrected chi connectivity index (χ3v) is 2.71. The minimum atomic E-state index is 0.494. The van der Waals surface area contributed by atoms with Crippen LogP contribution in [0.2, 0.25) is 0 Å². The molecule has 0 aliphatic heterocycles. The molecule has 1 unspecified atom stereocenters. The van der Waals surface area contributed by atoms with Crippen molar-refractivity contribution in [1.29, 1.82) is 0 Å². The number of H-pyrrole nitrogens is 1. The minimum Gasteiger partial charge on any atom is -0.469 e. The summed E-state index contributed by atoms with van der Waals surface area (Å²) in [7, 11) is 0. The van der Waals surface area contributed by atoms with Crippen LogP contribution in [0.15, 0.2) is 41.1 Å². The maximum atomic E-state index is 5.30. The van der Waals surface area contributed by atoms with Crippen LogP contribution >= 0.6 is 0 Å². The average molecular weight is 218 g/mol. The van der Waals surface area contributed by atoms with Gasteiger partial charge in [0.05, 0.1) is 6.26 Å². The molecule has 2 heterocycles. The molecule has 0 aliphatic carbocycles. The Labute approximate surface area is 95.9 Å². The number of rotatable bonds is 6. The molecule has 1 atom stereocenters. The van der Waals surface area contributed by atoms with Gasteiger partial charge in [0.25, 0.3) is 0 Å². The van der Waals surface area contributed by atoms with Gasteiger partial charge < -0.3 is 14.7 Å². The summed E-state index contributed by atoms with van der Waals surface area (Å²) in [5.74, 6) is 1.06. The van der Waals surface area contributed by atoms with Crippen LogP contribution in [0.5, 0.6) is 0 Å². The van der Waals surface area contributed by atoms with E-state index in [1.54, 1.807) is 6.26 Å². The second-order valence-corrected chi connectivity index (χ2v) is 4.10. The average Bonchev–Trinajstić information content (AvgIpc) is 2.96. The largest absolute Gasteiger partial charge is 0.469 e. The Morgan fingerprint density at radius 2 is 2.31 bits per heavy atom. The second kappa shape index (κ2) is 5.56. The highest BCUT2D eigenvalue weighted by Crippen LogP contribution is 2.06. The van der Waals surface area contributed by atoms with Crippen LogP contribution in [0.3, 0.4) is 0 Å². The van der Waals surface area contributed by atoms with E-state index in [9.17, 15) is 0 Å². The molecule has 0 saturated heterocycles. The van der Waals surface area contributed by atoms with E-state index < -0.39 is 0 Å². The van der Waals surface area contributed by atoms with Gasteiger partial charge in [-0.1, -0.05) is 0 Å². The second-order valence-electron chi connectivity index (χ2n) is 4.10.